The largest absolute Gasteiger partial charge is 0.352 e. The molecule has 0 spiro atoms. The highest BCUT2D eigenvalue weighted by atomic mass is 16.2. The average Bonchev–Trinajstić information content (AvgIpc) is 3.63. The third-order valence-corrected chi connectivity index (χ3v) is 6.12. The van der Waals surface area contributed by atoms with Crippen molar-refractivity contribution in [2.45, 2.75) is 51.6 Å². The molecule has 152 valence electrons. The second-order valence-electron chi connectivity index (χ2n) is 8.23. The van der Waals surface area contributed by atoms with Gasteiger partial charge >= 0.3 is 0 Å². The Bertz CT molecular complexity index is 846. The lowest BCUT2D eigenvalue weighted by molar-refractivity contribution is -0.140. The molecule has 2 aliphatic rings. The number of likely N-dealkylation sites (tertiary alicyclic amines) is 1. The Morgan fingerprint density at radius 2 is 1.79 bits per heavy atom. The van der Waals surface area contributed by atoms with Crippen molar-refractivity contribution in [3.63, 3.8) is 0 Å². The normalized spacial score (nSPS) is 21.6. The second kappa shape index (κ2) is 8.76. The summed E-state index contributed by atoms with van der Waals surface area (Å²) < 4.78 is 0. The molecule has 0 bridgehead atoms. The van der Waals surface area contributed by atoms with Crippen molar-refractivity contribution in [2.75, 3.05) is 6.54 Å². The third kappa shape index (κ3) is 4.66. The first-order chi connectivity index (χ1) is 14.2. The number of carbonyl (C=O) groups excluding carboxylic acids is 2. The molecule has 1 aromatic carbocycles. The molecule has 5 heteroatoms. The van der Waals surface area contributed by atoms with E-state index in [2.05, 4.69) is 41.5 Å². The fourth-order valence-corrected chi connectivity index (χ4v) is 4.15. The predicted octanol–water partition coefficient (Wildman–Crippen LogP) is 3.65. The van der Waals surface area contributed by atoms with Gasteiger partial charge in [0.15, 0.2) is 0 Å². The van der Waals surface area contributed by atoms with E-state index >= 15 is 0 Å². The molecule has 1 aliphatic heterocycles. The molecule has 2 amide bonds. The fraction of sp³-hybridized carbons (Fsp3) is 0.458. The Hall–Kier alpha value is -2.69. The molecule has 5 nitrogen and oxygen atoms in total. The number of nitrogens with one attached hydrogen (secondary N) is 1. The lowest BCUT2D eigenvalue weighted by atomic mass is 9.87. The van der Waals surface area contributed by atoms with Crippen molar-refractivity contribution in [1.82, 2.24) is 15.2 Å². The van der Waals surface area contributed by atoms with E-state index in [0.717, 1.165) is 37.7 Å². The van der Waals surface area contributed by atoms with Crippen LogP contribution >= 0.6 is 0 Å². The number of benzene rings is 1. The quantitative estimate of drug-likeness (QED) is 0.818. The molecule has 2 heterocycles. The summed E-state index contributed by atoms with van der Waals surface area (Å²) >= 11 is 0. The second-order valence-corrected chi connectivity index (χ2v) is 8.23. The summed E-state index contributed by atoms with van der Waals surface area (Å²) in [4.78, 5) is 31.9. The molecule has 1 aromatic heterocycles. The Morgan fingerprint density at radius 3 is 2.45 bits per heavy atom. The van der Waals surface area contributed by atoms with Gasteiger partial charge < -0.3 is 10.2 Å². The molecule has 2 atom stereocenters. The minimum absolute atomic E-state index is 0.0298. The van der Waals surface area contributed by atoms with Crippen molar-refractivity contribution >= 4 is 11.8 Å². The van der Waals surface area contributed by atoms with E-state index < -0.39 is 0 Å². The van der Waals surface area contributed by atoms with Crippen LogP contribution in [0.5, 0.6) is 0 Å². The number of rotatable bonds is 6. The van der Waals surface area contributed by atoms with Crippen molar-refractivity contribution in [2.24, 2.45) is 11.8 Å². The lowest BCUT2D eigenvalue weighted by Crippen LogP contribution is -2.47. The van der Waals surface area contributed by atoms with Gasteiger partial charge in [-0.05, 0) is 54.9 Å². The zero-order valence-electron chi connectivity index (χ0n) is 17.0. The van der Waals surface area contributed by atoms with E-state index in [9.17, 15) is 9.59 Å². The van der Waals surface area contributed by atoms with E-state index in [0.29, 0.717) is 13.1 Å². The number of nitrogens with zero attached hydrogens (tertiary/aromatic N) is 2. The molecule has 0 unspecified atom stereocenters. The van der Waals surface area contributed by atoms with Gasteiger partial charge in [0.2, 0.25) is 11.8 Å². The maximum atomic E-state index is 13.0. The standard InChI is InChI=1S/C24H29N3O2/c1-2-17-5-7-19(8-6-17)22-12-11-21(16-27(22)24(29)20-9-10-20)23(28)26-15-18-4-3-13-25-14-18/h3-8,13-14,20-22H,2,9-12,15-16H2,1H3,(H,26,28)/t21-,22-/m1/s1. The molecule has 29 heavy (non-hydrogen) atoms. The van der Waals surface area contributed by atoms with E-state index in [1.54, 1.807) is 12.4 Å². The van der Waals surface area contributed by atoms with Gasteiger partial charge in [-0.25, -0.2) is 0 Å². The highest BCUT2D eigenvalue weighted by Gasteiger charge is 2.41. The predicted molar refractivity (Wildman–Crippen MR) is 112 cm³/mol. The fourth-order valence-electron chi connectivity index (χ4n) is 4.15. The molecule has 0 radical (unpaired) electrons. The first kappa shape index (κ1) is 19.6. The van der Waals surface area contributed by atoms with Gasteiger partial charge in [-0.1, -0.05) is 37.3 Å². The summed E-state index contributed by atoms with van der Waals surface area (Å²) in [5.74, 6) is 0.256. The molecular formula is C24H29N3O2. The van der Waals surface area contributed by atoms with Gasteiger partial charge in [-0.3, -0.25) is 14.6 Å². The smallest absolute Gasteiger partial charge is 0.226 e. The first-order valence-electron chi connectivity index (χ1n) is 10.7. The van der Waals surface area contributed by atoms with Gasteiger partial charge in [0.1, 0.15) is 0 Å². The maximum Gasteiger partial charge on any atom is 0.226 e. The Balaban J connectivity index is 1.44. The van der Waals surface area contributed by atoms with Crippen molar-refractivity contribution in [3.05, 3.63) is 65.5 Å². The van der Waals surface area contributed by atoms with Crippen molar-refractivity contribution < 1.29 is 9.59 Å². The van der Waals surface area contributed by atoms with Crippen LogP contribution in [0.15, 0.2) is 48.8 Å². The van der Waals surface area contributed by atoms with Crippen molar-refractivity contribution in [1.29, 1.82) is 0 Å². The van der Waals surface area contributed by atoms with Crippen LogP contribution in [0.4, 0.5) is 0 Å². The number of amides is 2. The summed E-state index contributed by atoms with van der Waals surface area (Å²) in [7, 11) is 0. The van der Waals surface area contributed by atoms with Crippen LogP contribution < -0.4 is 5.32 Å². The van der Waals surface area contributed by atoms with Gasteiger partial charge in [-0.2, -0.15) is 0 Å². The van der Waals surface area contributed by atoms with Crippen LogP contribution in [0.3, 0.4) is 0 Å². The summed E-state index contributed by atoms with van der Waals surface area (Å²) in [6.45, 7) is 3.13. The molecule has 1 saturated carbocycles. The number of carbonyl (C=O) groups is 2. The van der Waals surface area contributed by atoms with Crippen molar-refractivity contribution in [3.8, 4) is 0 Å². The molecule has 4 rings (SSSR count). The number of piperidine rings is 1. The number of aryl methyl sites for hydroxylation is 1. The summed E-state index contributed by atoms with van der Waals surface area (Å²) in [6, 6.07) is 12.5. The Labute approximate surface area is 172 Å². The summed E-state index contributed by atoms with van der Waals surface area (Å²) in [5, 5.41) is 3.03. The third-order valence-electron chi connectivity index (χ3n) is 6.12. The molecule has 1 aliphatic carbocycles. The number of hydrogen-bond acceptors (Lipinski definition) is 3. The molecule has 2 aromatic rings. The van der Waals surface area contributed by atoms with E-state index in [1.807, 2.05) is 17.0 Å². The van der Waals surface area contributed by atoms with Gasteiger partial charge in [0.25, 0.3) is 0 Å². The molecule has 1 saturated heterocycles. The van der Waals surface area contributed by atoms with E-state index in [4.69, 9.17) is 0 Å². The summed E-state index contributed by atoms with van der Waals surface area (Å²) in [6.07, 6.45) is 8.09. The lowest BCUT2D eigenvalue weighted by Gasteiger charge is -2.39. The van der Waals surface area contributed by atoms with Gasteiger partial charge in [-0.15, -0.1) is 0 Å². The SMILES string of the molecule is CCc1ccc([C@H]2CC[C@@H](C(=O)NCc3cccnc3)CN2C(=O)C2CC2)cc1. The highest BCUT2D eigenvalue weighted by molar-refractivity contribution is 5.84. The summed E-state index contributed by atoms with van der Waals surface area (Å²) in [5.41, 5.74) is 3.47. The Morgan fingerprint density at radius 1 is 1.03 bits per heavy atom. The average molecular weight is 392 g/mol. The minimum Gasteiger partial charge on any atom is -0.352 e. The van der Waals surface area contributed by atoms with Crippen LogP contribution in [0, 0.1) is 11.8 Å². The molecular weight excluding hydrogens is 362 g/mol. The zero-order valence-corrected chi connectivity index (χ0v) is 17.0. The maximum absolute atomic E-state index is 13.0. The van der Waals surface area contributed by atoms with Gasteiger partial charge in [0.05, 0.1) is 12.0 Å². The minimum atomic E-state index is -0.152. The van der Waals surface area contributed by atoms with E-state index in [1.165, 1.54) is 11.1 Å². The number of pyridine rings is 1. The first-order valence-corrected chi connectivity index (χ1v) is 10.7. The van der Waals surface area contributed by atoms with Crippen LogP contribution in [0.25, 0.3) is 0 Å². The monoisotopic (exact) mass is 391 g/mol. The topological polar surface area (TPSA) is 62.3 Å². The Kier molecular flexibility index (Phi) is 5.93. The van der Waals surface area contributed by atoms with Crippen LogP contribution in [0.2, 0.25) is 0 Å². The van der Waals surface area contributed by atoms with Crippen LogP contribution in [0.1, 0.15) is 55.3 Å². The number of hydrogen-bond donors (Lipinski definition) is 1. The molecule has 2 fully saturated rings. The molecule has 1 N–H and O–H groups in total. The van der Waals surface area contributed by atoms with Crippen LogP contribution in [-0.2, 0) is 22.6 Å². The van der Waals surface area contributed by atoms with E-state index in [-0.39, 0.29) is 29.7 Å². The highest BCUT2D eigenvalue weighted by Crippen LogP contribution is 2.39. The zero-order chi connectivity index (χ0) is 20.2. The number of aromatic nitrogens is 1. The van der Waals surface area contributed by atoms with Gasteiger partial charge in [0, 0.05) is 31.4 Å². The van der Waals surface area contributed by atoms with Crippen LogP contribution in [-0.4, -0.2) is 28.2 Å².